The van der Waals surface area contributed by atoms with Gasteiger partial charge in [0, 0.05) is 18.7 Å². The van der Waals surface area contributed by atoms with Crippen molar-refractivity contribution >= 4 is 22.6 Å². The lowest BCUT2D eigenvalue weighted by molar-refractivity contribution is -0.384. The molecule has 1 unspecified atom stereocenters. The van der Waals surface area contributed by atoms with Crippen molar-refractivity contribution in [3.05, 3.63) is 109 Å². The zero-order valence-electron chi connectivity index (χ0n) is 18.5. The van der Waals surface area contributed by atoms with Gasteiger partial charge >= 0.3 is 0 Å². The van der Waals surface area contributed by atoms with Gasteiger partial charge in [-0.15, -0.1) is 0 Å². The molecule has 3 heterocycles. The minimum atomic E-state index is -0.857. The van der Waals surface area contributed by atoms with Gasteiger partial charge in [-0.3, -0.25) is 19.7 Å². The number of amides is 1. The zero-order chi connectivity index (χ0) is 24.3. The molecular weight excluding hydrogens is 452 g/mol. The average molecular weight is 470 g/mol. The molecule has 1 amide bonds. The van der Waals surface area contributed by atoms with Gasteiger partial charge < -0.3 is 18.8 Å². The maximum absolute atomic E-state index is 13.7. The van der Waals surface area contributed by atoms with Gasteiger partial charge in [0.2, 0.25) is 12.6 Å². The van der Waals surface area contributed by atoms with Crippen LogP contribution in [0.25, 0.3) is 11.0 Å². The quantitative estimate of drug-likeness (QED) is 0.319. The Kier molecular flexibility index (Phi) is 4.60. The van der Waals surface area contributed by atoms with E-state index in [1.807, 2.05) is 13.0 Å². The van der Waals surface area contributed by atoms with Crippen molar-refractivity contribution in [1.29, 1.82) is 0 Å². The molecule has 0 bridgehead atoms. The SMILES string of the molecule is Cc1ccc2oc3c(c(=O)c2c1)C(c1cccc([N+](=O)[O-])c1)N(Cc1ccc2c(c1)OCO2)C3=O. The Hall–Kier alpha value is -4.66. The number of fused-ring (bicyclic) bond motifs is 3. The van der Waals surface area contributed by atoms with Crippen LogP contribution in [0.5, 0.6) is 11.5 Å². The molecule has 9 heteroatoms. The molecule has 4 aromatic rings. The molecule has 1 aromatic heterocycles. The number of hydrogen-bond acceptors (Lipinski definition) is 7. The number of benzene rings is 3. The molecule has 0 N–H and O–H groups in total. The highest BCUT2D eigenvalue weighted by atomic mass is 16.7. The van der Waals surface area contributed by atoms with Crippen molar-refractivity contribution in [2.45, 2.75) is 19.5 Å². The van der Waals surface area contributed by atoms with E-state index in [0.717, 1.165) is 11.1 Å². The Morgan fingerprint density at radius 1 is 1.03 bits per heavy atom. The molecule has 2 aliphatic heterocycles. The number of nitro groups is 1. The normalized spacial score (nSPS) is 16.1. The second-order valence-corrected chi connectivity index (χ2v) is 8.55. The topological polar surface area (TPSA) is 112 Å². The first-order valence-electron chi connectivity index (χ1n) is 10.9. The van der Waals surface area contributed by atoms with E-state index >= 15 is 0 Å². The van der Waals surface area contributed by atoms with E-state index in [2.05, 4.69) is 0 Å². The molecular formula is C26H18N2O7. The van der Waals surface area contributed by atoms with Gasteiger partial charge in [-0.25, -0.2) is 0 Å². The summed E-state index contributed by atoms with van der Waals surface area (Å²) in [6.45, 7) is 2.11. The van der Waals surface area contributed by atoms with Crippen LogP contribution >= 0.6 is 0 Å². The van der Waals surface area contributed by atoms with Crippen LogP contribution in [0.2, 0.25) is 0 Å². The monoisotopic (exact) mass is 470 g/mol. The van der Waals surface area contributed by atoms with Crippen LogP contribution in [0, 0.1) is 17.0 Å². The predicted octanol–water partition coefficient (Wildman–Crippen LogP) is 4.48. The number of rotatable bonds is 4. The van der Waals surface area contributed by atoms with Gasteiger partial charge in [0.05, 0.1) is 21.9 Å². The van der Waals surface area contributed by atoms with E-state index in [1.165, 1.54) is 17.0 Å². The highest BCUT2D eigenvalue weighted by Gasteiger charge is 2.43. The maximum Gasteiger partial charge on any atom is 0.291 e. The highest BCUT2D eigenvalue weighted by Crippen LogP contribution is 2.41. The summed E-state index contributed by atoms with van der Waals surface area (Å²) >= 11 is 0. The lowest BCUT2D eigenvalue weighted by Crippen LogP contribution is -2.29. The van der Waals surface area contributed by atoms with Gasteiger partial charge in [0.1, 0.15) is 5.58 Å². The molecule has 0 fully saturated rings. The molecule has 1 atom stereocenters. The van der Waals surface area contributed by atoms with Gasteiger partial charge in [-0.2, -0.15) is 0 Å². The molecule has 3 aromatic carbocycles. The fraction of sp³-hybridized carbons (Fsp3) is 0.154. The Bertz CT molecular complexity index is 1610. The Morgan fingerprint density at radius 2 is 1.86 bits per heavy atom. The second-order valence-electron chi connectivity index (χ2n) is 8.55. The van der Waals surface area contributed by atoms with Crippen LogP contribution in [0.4, 0.5) is 5.69 Å². The zero-order valence-corrected chi connectivity index (χ0v) is 18.5. The largest absolute Gasteiger partial charge is 0.454 e. The van der Waals surface area contributed by atoms with Crippen LogP contribution < -0.4 is 14.9 Å². The van der Waals surface area contributed by atoms with E-state index < -0.39 is 16.9 Å². The summed E-state index contributed by atoms with van der Waals surface area (Å²) in [4.78, 5) is 39.7. The second kappa shape index (κ2) is 7.69. The molecule has 0 aliphatic carbocycles. The number of aryl methyl sites for hydroxylation is 1. The third kappa shape index (κ3) is 3.31. The van der Waals surface area contributed by atoms with Crippen molar-refractivity contribution in [2.24, 2.45) is 0 Å². The van der Waals surface area contributed by atoms with E-state index in [0.29, 0.717) is 28.0 Å². The van der Waals surface area contributed by atoms with Crippen LogP contribution in [0.15, 0.2) is 69.9 Å². The molecule has 0 spiro atoms. The number of non-ortho nitro benzene ring substituents is 1. The van der Waals surface area contributed by atoms with E-state index in [-0.39, 0.29) is 35.8 Å². The molecule has 0 saturated carbocycles. The van der Waals surface area contributed by atoms with Gasteiger partial charge in [-0.1, -0.05) is 29.8 Å². The summed E-state index contributed by atoms with van der Waals surface area (Å²) in [6.07, 6.45) is 0. The first kappa shape index (κ1) is 20.9. The number of hydrogen-bond donors (Lipinski definition) is 0. The fourth-order valence-electron chi connectivity index (χ4n) is 4.69. The van der Waals surface area contributed by atoms with Crippen LogP contribution in [0.1, 0.15) is 38.9 Å². The van der Waals surface area contributed by atoms with Crippen molar-refractivity contribution < 1.29 is 23.6 Å². The predicted molar refractivity (Wildman–Crippen MR) is 125 cm³/mol. The van der Waals surface area contributed by atoms with Crippen LogP contribution in [-0.2, 0) is 6.54 Å². The summed E-state index contributed by atoms with van der Waals surface area (Å²) in [6, 6.07) is 15.7. The fourth-order valence-corrected chi connectivity index (χ4v) is 4.69. The van der Waals surface area contributed by atoms with E-state index in [1.54, 1.807) is 42.5 Å². The number of carbonyl (C=O) groups excluding carboxylic acids is 1. The summed E-state index contributed by atoms with van der Waals surface area (Å²) in [5.74, 6) is 0.657. The van der Waals surface area contributed by atoms with Crippen molar-refractivity contribution in [2.75, 3.05) is 6.79 Å². The lowest BCUT2D eigenvalue weighted by Gasteiger charge is -2.25. The van der Waals surface area contributed by atoms with E-state index in [4.69, 9.17) is 13.9 Å². The maximum atomic E-state index is 13.7. The summed E-state index contributed by atoms with van der Waals surface area (Å²) in [7, 11) is 0. The van der Waals surface area contributed by atoms with Gasteiger partial charge in [0.25, 0.3) is 11.6 Å². The number of nitrogens with zero attached hydrogens (tertiary/aromatic N) is 2. The van der Waals surface area contributed by atoms with Gasteiger partial charge in [-0.05, 0) is 42.3 Å². The molecule has 9 nitrogen and oxygen atoms in total. The summed E-state index contributed by atoms with van der Waals surface area (Å²) in [5.41, 5.74) is 2.10. The van der Waals surface area contributed by atoms with Crippen molar-refractivity contribution in [1.82, 2.24) is 4.90 Å². The number of ether oxygens (including phenoxy) is 2. The molecule has 174 valence electrons. The third-order valence-electron chi connectivity index (χ3n) is 6.31. The molecule has 2 aliphatic rings. The molecule has 0 saturated heterocycles. The third-order valence-corrected chi connectivity index (χ3v) is 6.31. The summed E-state index contributed by atoms with van der Waals surface area (Å²) < 4.78 is 16.8. The smallest absolute Gasteiger partial charge is 0.291 e. The van der Waals surface area contributed by atoms with Crippen molar-refractivity contribution in [3.63, 3.8) is 0 Å². The minimum absolute atomic E-state index is 0.0522. The minimum Gasteiger partial charge on any atom is -0.454 e. The first-order valence-corrected chi connectivity index (χ1v) is 10.9. The number of nitro benzene ring substituents is 1. The first-order chi connectivity index (χ1) is 16.9. The molecule has 6 rings (SSSR count). The number of carbonyl (C=O) groups is 1. The average Bonchev–Trinajstić information content (AvgIpc) is 3.42. The van der Waals surface area contributed by atoms with Crippen LogP contribution in [-0.4, -0.2) is 22.5 Å². The Labute approximate surface area is 198 Å². The van der Waals surface area contributed by atoms with E-state index in [9.17, 15) is 19.7 Å². The highest BCUT2D eigenvalue weighted by molar-refractivity contribution is 5.99. The lowest BCUT2D eigenvalue weighted by atomic mass is 9.97. The molecule has 0 radical (unpaired) electrons. The standard InChI is InChI=1S/C26H18N2O7/c1-14-5-7-19-18(9-14)24(29)22-23(16-3-2-4-17(11-16)28(31)32)27(26(30)25(22)35-19)12-15-6-8-20-21(10-15)34-13-33-20/h2-11,23H,12-13H2,1H3. The van der Waals surface area contributed by atoms with Crippen LogP contribution in [0.3, 0.4) is 0 Å². The Morgan fingerprint density at radius 3 is 2.69 bits per heavy atom. The summed E-state index contributed by atoms with van der Waals surface area (Å²) in [5, 5.41) is 11.8. The Balaban J connectivity index is 1.54. The molecule has 35 heavy (non-hydrogen) atoms. The van der Waals surface area contributed by atoms with Gasteiger partial charge in [0.15, 0.2) is 16.9 Å². The van der Waals surface area contributed by atoms with Crippen molar-refractivity contribution in [3.8, 4) is 11.5 Å².